The Balaban J connectivity index is 2.35. The molecule has 4 unspecified atom stereocenters. The molecule has 0 aliphatic carbocycles. The quantitative estimate of drug-likeness (QED) is 0.906. The van der Waals surface area contributed by atoms with E-state index in [2.05, 4.69) is 0 Å². The van der Waals surface area contributed by atoms with Crippen molar-refractivity contribution in [1.29, 1.82) is 0 Å². The summed E-state index contributed by atoms with van der Waals surface area (Å²) in [4.78, 5) is 0. The van der Waals surface area contributed by atoms with Crippen LogP contribution in [0.5, 0.6) is 0 Å². The Morgan fingerprint density at radius 1 is 1.24 bits per heavy atom. The van der Waals surface area contributed by atoms with Crippen LogP contribution in [0, 0.1) is 5.92 Å². The Labute approximate surface area is 127 Å². The van der Waals surface area contributed by atoms with Gasteiger partial charge in [0.25, 0.3) is 0 Å². The molecule has 1 saturated heterocycles. The molecule has 21 heavy (non-hydrogen) atoms. The third-order valence-electron chi connectivity index (χ3n) is 4.30. The summed E-state index contributed by atoms with van der Waals surface area (Å²) in [6.07, 6.45) is 0.313. The van der Waals surface area contributed by atoms with Gasteiger partial charge in [0.15, 0.2) is 9.84 Å². The Morgan fingerprint density at radius 3 is 2.33 bits per heavy atom. The number of hydrogen-bond donors (Lipinski definition) is 1. The molecule has 1 fully saturated rings. The summed E-state index contributed by atoms with van der Waals surface area (Å²) in [6.45, 7) is 6.19. The normalized spacial score (nSPS) is 26.0. The fourth-order valence-corrected chi connectivity index (χ4v) is 5.97. The fourth-order valence-electron chi connectivity index (χ4n) is 3.21. The summed E-state index contributed by atoms with van der Waals surface area (Å²) in [5.41, 5.74) is 7.19. The van der Waals surface area contributed by atoms with Gasteiger partial charge in [-0.25, -0.2) is 8.42 Å². The third kappa shape index (κ3) is 3.30. The zero-order valence-corrected chi connectivity index (χ0v) is 13.7. The van der Waals surface area contributed by atoms with E-state index in [0.717, 1.165) is 5.56 Å². The van der Waals surface area contributed by atoms with Crippen molar-refractivity contribution < 1.29 is 13.2 Å². The second-order valence-electron chi connectivity index (χ2n) is 6.14. The Kier molecular flexibility index (Phi) is 5.07. The number of rotatable bonds is 5. The first kappa shape index (κ1) is 16.5. The van der Waals surface area contributed by atoms with E-state index in [1.54, 1.807) is 0 Å². The van der Waals surface area contributed by atoms with E-state index >= 15 is 0 Å². The van der Waals surface area contributed by atoms with Crippen LogP contribution >= 0.6 is 0 Å². The van der Waals surface area contributed by atoms with Gasteiger partial charge in [-0.05, 0) is 24.8 Å². The number of benzene rings is 1. The first-order valence-electron chi connectivity index (χ1n) is 7.50. The predicted octanol–water partition coefficient (Wildman–Crippen LogP) is 2.30. The van der Waals surface area contributed by atoms with Crippen molar-refractivity contribution in [2.45, 2.75) is 49.8 Å². The van der Waals surface area contributed by atoms with Gasteiger partial charge < -0.3 is 10.5 Å². The molecule has 0 aromatic heterocycles. The maximum absolute atomic E-state index is 13.0. The second-order valence-corrected chi connectivity index (χ2v) is 8.47. The first-order chi connectivity index (χ1) is 9.85. The summed E-state index contributed by atoms with van der Waals surface area (Å²) < 4.78 is 31.5. The van der Waals surface area contributed by atoms with Gasteiger partial charge in [0.05, 0.1) is 16.6 Å². The molecule has 0 spiro atoms. The van der Waals surface area contributed by atoms with Crippen LogP contribution in [-0.2, 0) is 14.6 Å². The minimum atomic E-state index is -3.35. The van der Waals surface area contributed by atoms with Gasteiger partial charge in [0.1, 0.15) is 0 Å². The summed E-state index contributed by atoms with van der Waals surface area (Å²) in [5, 5.41) is -1.03. The van der Waals surface area contributed by atoms with E-state index in [1.165, 1.54) is 0 Å². The number of nitrogens with two attached hydrogens (primary N) is 1. The van der Waals surface area contributed by atoms with Crippen LogP contribution in [0.3, 0.4) is 0 Å². The molecule has 1 aliphatic heterocycles. The van der Waals surface area contributed by atoms with Crippen LogP contribution in [0.25, 0.3) is 0 Å². The molecule has 1 aliphatic rings. The minimum absolute atomic E-state index is 0.0435. The molecule has 1 heterocycles. The lowest BCUT2D eigenvalue weighted by Crippen LogP contribution is -2.44. The van der Waals surface area contributed by atoms with E-state index in [9.17, 15) is 8.42 Å². The molecule has 2 rings (SSSR count). The van der Waals surface area contributed by atoms with Gasteiger partial charge in [-0.15, -0.1) is 0 Å². The van der Waals surface area contributed by atoms with E-state index in [4.69, 9.17) is 10.5 Å². The van der Waals surface area contributed by atoms with Gasteiger partial charge in [-0.2, -0.15) is 0 Å². The molecule has 4 nitrogen and oxygen atoms in total. The van der Waals surface area contributed by atoms with Gasteiger partial charge in [0.2, 0.25) is 0 Å². The predicted molar refractivity (Wildman–Crippen MR) is 84.7 cm³/mol. The van der Waals surface area contributed by atoms with E-state index in [0.29, 0.717) is 13.0 Å². The summed E-state index contributed by atoms with van der Waals surface area (Å²) in [6, 6.07) is 8.96. The minimum Gasteiger partial charge on any atom is -0.377 e. The third-order valence-corrected chi connectivity index (χ3v) is 7.36. The lowest BCUT2D eigenvalue weighted by atomic mass is 9.97. The molecule has 1 aromatic carbocycles. The summed E-state index contributed by atoms with van der Waals surface area (Å²) in [7, 11) is -3.35. The molecule has 4 atom stereocenters. The fraction of sp³-hybridized carbons (Fsp3) is 0.625. The maximum atomic E-state index is 13.0. The van der Waals surface area contributed by atoms with Crippen LogP contribution in [0.2, 0.25) is 0 Å². The average Bonchev–Trinajstić information content (AvgIpc) is 2.86. The molecule has 1 aromatic rings. The topological polar surface area (TPSA) is 69.4 Å². The Bertz CT molecular complexity index is 556. The SMILES string of the molecule is CC(C)C(C(N)c1ccccc1)S(=O)(=O)C1CCOC1C. The van der Waals surface area contributed by atoms with E-state index < -0.39 is 26.4 Å². The lowest BCUT2D eigenvalue weighted by Gasteiger charge is -2.31. The number of hydrogen-bond acceptors (Lipinski definition) is 4. The second kappa shape index (κ2) is 6.46. The van der Waals surface area contributed by atoms with Crippen LogP contribution < -0.4 is 5.73 Å². The standard InChI is InChI=1S/C16H25NO3S/c1-11(2)16(15(17)13-7-5-4-6-8-13)21(18,19)14-9-10-20-12(14)3/h4-8,11-12,14-16H,9-10,17H2,1-3H3. The summed E-state index contributed by atoms with van der Waals surface area (Å²) in [5.74, 6) is -0.0435. The van der Waals surface area contributed by atoms with Crippen molar-refractivity contribution in [3.63, 3.8) is 0 Å². The molecule has 118 valence electrons. The molecule has 5 heteroatoms. The molecular weight excluding hydrogens is 286 g/mol. The highest BCUT2D eigenvalue weighted by Crippen LogP contribution is 2.33. The average molecular weight is 311 g/mol. The zero-order valence-electron chi connectivity index (χ0n) is 12.9. The smallest absolute Gasteiger partial charge is 0.160 e. The van der Waals surface area contributed by atoms with Crippen molar-refractivity contribution in [2.75, 3.05) is 6.61 Å². The zero-order chi connectivity index (χ0) is 15.6. The first-order valence-corrected chi connectivity index (χ1v) is 9.11. The van der Waals surface area contributed by atoms with Crippen LogP contribution in [-0.4, -0.2) is 31.6 Å². The highest BCUT2D eigenvalue weighted by Gasteiger charge is 2.44. The van der Waals surface area contributed by atoms with Crippen molar-refractivity contribution in [3.8, 4) is 0 Å². The van der Waals surface area contributed by atoms with E-state index in [1.807, 2.05) is 51.1 Å². The molecular formula is C16H25NO3S. The van der Waals surface area contributed by atoms with Gasteiger partial charge in [-0.1, -0.05) is 44.2 Å². The largest absolute Gasteiger partial charge is 0.377 e. The monoisotopic (exact) mass is 311 g/mol. The Morgan fingerprint density at radius 2 is 1.86 bits per heavy atom. The number of sulfone groups is 1. The lowest BCUT2D eigenvalue weighted by molar-refractivity contribution is 0.126. The Hall–Kier alpha value is -0.910. The highest BCUT2D eigenvalue weighted by molar-refractivity contribution is 7.92. The van der Waals surface area contributed by atoms with E-state index in [-0.39, 0.29) is 12.0 Å². The molecule has 0 bridgehead atoms. The van der Waals surface area contributed by atoms with Crippen molar-refractivity contribution in [3.05, 3.63) is 35.9 Å². The van der Waals surface area contributed by atoms with Gasteiger partial charge in [0, 0.05) is 12.6 Å². The van der Waals surface area contributed by atoms with Gasteiger partial charge in [-0.3, -0.25) is 0 Å². The molecule has 0 radical (unpaired) electrons. The number of ether oxygens (including phenoxy) is 1. The van der Waals surface area contributed by atoms with Crippen LogP contribution in [0.1, 0.15) is 38.8 Å². The molecule has 0 amide bonds. The molecule has 2 N–H and O–H groups in total. The maximum Gasteiger partial charge on any atom is 0.160 e. The van der Waals surface area contributed by atoms with Crippen LogP contribution in [0.4, 0.5) is 0 Å². The van der Waals surface area contributed by atoms with Gasteiger partial charge >= 0.3 is 0 Å². The highest BCUT2D eigenvalue weighted by atomic mass is 32.2. The van der Waals surface area contributed by atoms with Crippen molar-refractivity contribution in [2.24, 2.45) is 11.7 Å². The summed E-state index contributed by atoms with van der Waals surface area (Å²) >= 11 is 0. The van der Waals surface area contributed by atoms with Crippen LogP contribution in [0.15, 0.2) is 30.3 Å². The molecule has 0 saturated carbocycles. The van der Waals surface area contributed by atoms with Crippen molar-refractivity contribution in [1.82, 2.24) is 0 Å². The van der Waals surface area contributed by atoms with Crippen molar-refractivity contribution >= 4 is 9.84 Å².